The summed E-state index contributed by atoms with van der Waals surface area (Å²) < 4.78 is 18.6. The van der Waals surface area contributed by atoms with Gasteiger partial charge in [-0.25, -0.2) is 9.18 Å². The summed E-state index contributed by atoms with van der Waals surface area (Å²) in [6.07, 6.45) is 0. The Morgan fingerprint density at radius 3 is 2.65 bits per heavy atom. The molecule has 0 bridgehead atoms. The van der Waals surface area contributed by atoms with Crippen molar-refractivity contribution in [2.24, 2.45) is 0 Å². The first-order valence-electron chi connectivity index (χ1n) is 4.87. The van der Waals surface area contributed by atoms with Crippen molar-refractivity contribution >= 4 is 18.3 Å². The smallest absolute Gasteiger partial charge is 0.336 e. The third-order valence-electron chi connectivity index (χ3n) is 2.32. The maximum absolute atomic E-state index is 13.7. The van der Waals surface area contributed by atoms with E-state index in [0.717, 1.165) is 0 Å². The molecule has 0 atom stereocenters. The van der Waals surface area contributed by atoms with Crippen molar-refractivity contribution < 1.29 is 8.81 Å². The summed E-state index contributed by atoms with van der Waals surface area (Å²) in [5, 5.41) is 0. The van der Waals surface area contributed by atoms with Crippen molar-refractivity contribution in [3.05, 3.63) is 46.3 Å². The van der Waals surface area contributed by atoms with Crippen molar-refractivity contribution in [3.8, 4) is 11.1 Å². The molecule has 0 unspecified atom stereocenters. The van der Waals surface area contributed by atoms with Crippen LogP contribution in [0.15, 0.2) is 38.4 Å². The summed E-state index contributed by atoms with van der Waals surface area (Å²) in [6, 6.07) is 5.48. The van der Waals surface area contributed by atoms with Crippen LogP contribution in [0.1, 0.15) is 5.76 Å². The number of benzene rings is 1. The Balaban J connectivity index is 2.68. The minimum atomic E-state index is -0.520. The lowest BCUT2D eigenvalue weighted by Gasteiger charge is -2.07. The Labute approximate surface area is 102 Å². The lowest BCUT2D eigenvalue weighted by Crippen LogP contribution is -2.00. The minimum Gasteiger partial charge on any atom is -0.428 e. The van der Waals surface area contributed by atoms with Gasteiger partial charge in [-0.1, -0.05) is 0 Å². The number of rotatable bonds is 1. The second kappa shape index (κ2) is 4.25. The number of anilines is 1. The highest BCUT2D eigenvalue weighted by molar-refractivity contribution is 7.80. The van der Waals surface area contributed by atoms with E-state index in [2.05, 4.69) is 12.6 Å². The van der Waals surface area contributed by atoms with Gasteiger partial charge in [-0.05, 0) is 30.7 Å². The van der Waals surface area contributed by atoms with Crippen molar-refractivity contribution in [3.63, 3.8) is 0 Å². The van der Waals surface area contributed by atoms with E-state index in [-0.39, 0.29) is 5.56 Å². The van der Waals surface area contributed by atoms with Crippen LogP contribution >= 0.6 is 12.6 Å². The molecule has 3 nitrogen and oxygen atoms in total. The summed E-state index contributed by atoms with van der Waals surface area (Å²) in [5.41, 5.74) is 6.20. The molecule has 1 heterocycles. The van der Waals surface area contributed by atoms with E-state index >= 15 is 0 Å². The molecule has 0 aliphatic heterocycles. The van der Waals surface area contributed by atoms with Gasteiger partial charge in [-0.2, -0.15) is 0 Å². The molecule has 0 amide bonds. The van der Waals surface area contributed by atoms with Crippen LogP contribution in [-0.4, -0.2) is 0 Å². The Kier molecular flexibility index (Phi) is 2.93. The highest BCUT2D eigenvalue weighted by Gasteiger charge is 2.10. The molecule has 2 N–H and O–H groups in total. The van der Waals surface area contributed by atoms with Gasteiger partial charge >= 0.3 is 5.63 Å². The van der Waals surface area contributed by atoms with Crippen LogP contribution in [-0.2, 0) is 0 Å². The van der Waals surface area contributed by atoms with Crippen LogP contribution in [0.25, 0.3) is 11.1 Å². The number of nitrogens with two attached hydrogens (primary N) is 1. The quantitative estimate of drug-likeness (QED) is 0.605. The summed E-state index contributed by atoms with van der Waals surface area (Å²) in [4.78, 5) is 11.6. The normalized spacial score (nSPS) is 10.5. The second-order valence-electron chi connectivity index (χ2n) is 3.67. The monoisotopic (exact) mass is 251 g/mol. The van der Waals surface area contributed by atoms with E-state index in [1.165, 1.54) is 18.2 Å². The van der Waals surface area contributed by atoms with Gasteiger partial charge in [0, 0.05) is 22.2 Å². The fraction of sp³-hybridized carbons (Fsp3) is 0.0833. The van der Waals surface area contributed by atoms with Gasteiger partial charge in [0.15, 0.2) is 0 Å². The third kappa shape index (κ3) is 2.34. The van der Waals surface area contributed by atoms with Crippen LogP contribution < -0.4 is 11.4 Å². The SMILES string of the molecule is Cc1cc(-c2cc(N)c(S)cc2F)cc(=O)o1. The number of hydrogen-bond acceptors (Lipinski definition) is 4. The van der Waals surface area contributed by atoms with Crippen LogP contribution in [0.5, 0.6) is 0 Å². The molecule has 88 valence electrons. The molecule has 0 spiro atoms. The van der Waals surface area contributed by atoms with Gasteiger partial charge in [-0.3, -0.25) is 0 Å². The largest absolute Gasteiger partial charge is 0.428 e. The number of halogens is 1. The number of thiol groups is 1. The zero-order chi connectivity index (χ0) is 12.6. The highest BCUT2D eigenvalue weighted by Crippen LogP contribution is 2.28. The van der Waals surface area contributed by atoms with E-state index < -0.39 is 11.4 Å². The predicted octanol–water partition coefficient (Wildman–Crippen LogP) is 2.63. The Morgan fingerprint density at radius 1 is 1.29 bits per heavy atom. The fourth-order valence-electron chi connectivity index (χ4n) is 1.56. The Morgan fingerprint density at radius 2 is 2.00 bits per heavy atom. The summed E-state index contributed by atoms with van der Waals surface area (Å²) in [6.45, 7) is 1.62. The molecule has 2 aromatic rings. The average molecular weight is 251 g/mol. The van der Waals surface area contributed by atoms with Crippen LogP contribution in [0.2, 0.25) is 0 Å². The number of aryl methyl sites for hydroxylation is 1. The minimum absolute atomic E-state index is 0.260. The van der Waals surface area contributed by atoms with Gasteiger partial charge in [0.2, 0.25) is 0 Å². The second-order valence-corrected chi connectivity index (χ2v) is 4.15. The van der Waals surface area contributed by atoms with Gasteiger partial charge in [-0.15, -0.1) is 12.6 Å². The van der Waals surface area contributed by atoms with Gasteiger partial charge in [0.05, 0.1) is 0 Å². The molecule has 2 rings (SSSR count). The molecule has 0 radical (unpaired) electrons. The maximum atomic E-state index is 13.7. The lowest BCUT2D eigenvalue weighted by atomic mass is 10.1. The lowest BCUT2D eigenvalue weighted by molar-refractivity contribution is 0.481. The third-order valence-corrected chi connectivity index (χ3v) is 2.71. The highest BCUT2D eigenvalue weighted by atomic mass is 32.1. The van der Waals surface area contributed by atoms with Crippen LogP contribution in [0, 0.1) is 12.7 Å². The van der Waals surface area contributed by atoms with Gasteiger partial charge < -0.3 is 10.2 Å². The molecular formula is C12H10FNO2S. The fourth-order valence-corrected chi connectivity index (χ4v) is 1.74. The van der Waals surface area contributed by atoms with Crippen LogP contribution in [0.3, 0.4) is 0 Å². The van der Waals surface area contributed by atoms with E-state index in [9.17, 15) is 9.18 Å². The van der Waals surface area contributed by atoms with Crippen molar-refractivity contribution in [1.29, 1.82) is 0 Å². The number of nitrogen functional groups attached to an aromatic ring is 1. The predicted molar refractivity (Wildman–Crippen MR) is 66.8 cm³/mol. The average Bonchev–Trinajstić information content (AvgIpc) is 2.22. The molecule has 17 heavy (non-hydrogen) atoms. The summed E-state index contributed by atoms with van der Waals surface area (Å²) >= 11 is 4.02. The van der Waals surface area contributed by atoms with Gasteiger partial charge in [0.1, 0.15) is 11.6 Å². The standard InChI is InChI=1S/C12H10FNO2S/c1-6-2-7(3-12(15)16-6)8-4-10(14)11(17)5-9(8)13/h2-5,17H,14H2,1H3. The zero-order valence-corrected chi connectivity index (χ0v) is 9.92. The first-order valence-corrected chi connectivity index (χ1v) is 5.32. The molecule has 0 aliphatic carbocycles. The summed E-state index contributed by atoms with van der Waals surface area (Å²) in [5.74, 6) is -0.0605. The molecule has 1 aromatic heterocycles. The molecule has 0 saturated heterocycles. The summed E-state index contributed by atoms with van der Waals surface area (Å²) in [7, 11) is 0. The zero-order valence-electron chi connectivity index (χ0n) is 9.03. The van der Waals surface area contributed by atoms with Crippen molar-refractivity contribution in [1.82, 2.24) is 0 Å². The molecule has 0 fully saturated rings. The maximum Gasteiger partial charge on any atom is 0.336 e. The van der Waals surface area contributed by atoms with E-state index in [1.54, 1.807) is 13.0 Å². The molecule has 5 heteroatoms. The topological polar surface area (TPSA) is 56.2 Å². The van der Waals surface area contributed by atoms with Crippen LogP contribution in [0.4, 0.5) is 10.1 Å². The Bertz CT molecular complexity index is 637. The molecule has 1 aromatic carbocycles. The molecule has 0 aliphatic rings. The first-order chi connectivity index (χ1) is 7.97. The van der Waals surface area contributed by atoms with E-state index in [0.29, 0.717) is 21.9 Å². The first kappa shape index (κ1) is 11.7. The molecular weight excluding hydrogens is 241 g/mol. The van der Waals surface area contributed by atoms with E-state index in [4.69, 9.17) is 10.2 Å². The molecule has 0 saturated carbocycles. The van der Waals surface area contributed by atoms with Crippen molar-refractivity contribution in [2.75, 3.05) is 5.73 Å². The van der Waals surface area contributed by atoms with Crippen molar-refractivity contribution in [2.45, 2.75) is 11.8 Å². The van der Waals surface area contributed by atoms with Gasteiger partial charge in [0.25, 0.3) is 0 Å². The Hall–Kier alpha value is -1.75. The number of hydrogen-bond donors (Lipinski definition) is 2. The van der Waals surface area contributed by atoms with E-state index in [1.807, 2.05) is 0 Å².